The number of aromatic nitrogens is 3. The van der Waals surface area contributed by atoms with Crippen molar-refractivity contribution in [1.82, 2.24) is 25.2 Å². The van der Waals surface area contributed by atoms with Crippen molar-refractivity contribution in [2.75, 3.05) is 37.8 Å². The van der Waals surface area contributed by atoms with E-state index in [1.54, 1.807) is 18.4 Å². The second kappa shape index (κ2) is 11.1. The van der Waals surface area contributed by atoms with E-state index in [4.69, 9.17) is 10.5 Å². The van der Waals surface area contributed by atoms with Crippen LogP contribution in [0.25, 0.3) is 0 Å². The van der Waals surface area contributed by atoms with Crippen LogP contribution in [0.15, 0.2) is 41.8 Å². The average molecular weight is 468 g/mol. The van der Waals surface area contributed by atoms with Crippen LogP contribution >= 0.6 is 11.3 Å². The Morgan fingerprint density at radius 2 is 2.00 bits per heavy atom. The van der Waals surface area contributed by atoms with Crippen LogP contribution < -0.4 is 21.1 Å². The number of piperidine rings is 1. The number of anilines is 3. The molecule has 0 spiro atoms. The maximum Gasteiger partial charge on any atom is 0.232 e. The second-order valence-electron chi connectivity index (χ2n) is 7.93. The number of nitrogen functional groups attached to an aromatic ring is 1. The minimum Gasteiger partial charge on any atom is -0.495 e. The number of nitrogens with zero attached hydrogens (tertiary/aromatic N) is 4. The molecule has 0 atom stereocenters. The minimum absolute atomic E-state index is 0.0517. The molecule has 3 aromatic rings. The quantitative estimate of drug-likeness (QED) is 0.440. The number of amides is 1. The summed E-state index contributed by atoms with van der Waals surface area (Å²) >= 11 is 1.72. The molecule has 1 saturated heterocycles. The van der Waals surface area contributed by atoms with E-state index in [-0.39, 0.29) is 17.8 Å². The van der Waals surface area contributed by atoms with Crippen molar-refractivity contribution in [3.8, 4) is 5.75 Å². The van der Waals surface area contributed by atoms with Crippen LogP contribution in [0.1, 0.15) is 23.5 Å². The molecule has 1 aromatic carbocycles. The van der Waals surface area contributed by atoms with Gasteiger partial charge in [-0.3, -0.25) is 9.69 Å². The maximum absolute atomic E-state index is 12.5. The zero-order valence-electron chi connectivity index (χ0n) is 18.7. The molecule has 0 unspecified atom stereocenters. The van der Waals surface area contributed by atoms with Crippen LogP contribution in [0.4, 0.5) is 17.6 Å². The fourth-order valence-electron chi connectivity index (χ4n) is 3.89. The summed E-state index contributed by atoms with van der Waals surface area (Å²) in [6.07, 6.45) is 2.52. The lowest BCUT2D eigenvalue weighted by molar-refractivity contribution is -0.126. The Hall–Kier alpha value is -3.24. The van der Waals surface area contributed by atoms with Crippen molar-refractivity contribution in [3.05, 3.63) is 52.5 Å². The third-order valence-electron chi connectivity index (χ3n) is 5.63. The van der Waals surface area contributed by atoms with Crippen molar-refractivity contribution in [1.29, 1.82) is 0 Å². The van der Waals surface area contributed by atoms with Gasteiger partial charge >= 0.3 is 0 Å². The predicted octanol–water partition coefficient (Wildman–Crippen LogP) is 2.84. The van der Waals surface area contributed by atoms with E-state index < -0.39 is 0 Å². The van der Waals surface area contributed by atoms with Crippen molar-refractivity contribution in [3.63, 3.8) is 0 Å². The molecule has 4 N–H and O–H groups in total. The standard InChI is InChI=1S/C23H29N7O2S/c1-32-19-7-3-2-6-18(19)26-23-28-20(27-22(24)29-23)15-30-12-9-16(10-13-30)21(31)25-11-8-17-5-4-14-33-17/h2-7,14,16H,8-13,15H2,1H3,(H,25,31)(H3,24,26,27,28,29). The van der Waals surface area contributed by atoms with Crippen molar-refractivity contribution in [2.45, 2.75) is 25.8 Å². The summed E-state index contributed by atoms with van der Waals surface area (Å²) in [6, 6.07) is 11.7. The number of methoxy groups -OCH3 is 1. The number of rotatable bonds is 9. The van der Waals surface area contributed by atoms with Gasteiger partial charge in [-0.15, -0.1) is 11.3 Å². The molecule has 0 aliphatic carbocycles. The zero-order valence-corrected chi connectivity index (χ0v) is 19.5. The van der Waals surface area contributed by atoms with Gasteiger partial charge in [0.15, 0.2) is 0 Å². The lowest BCUT2D eigenvalue weighted by Gasteiger charge is -2.30. The van der Waals surface area contributed by atoms with Gasteiger partial charge in [0.2, 0.25) is 17.8 Å². The Kier molecular flexibility index (Phi) is 7.69. The lowest BCUT2D eigenvalue weighted by atomic mass is 9.96. The van der Waals surface area contributed by atoms with E-state index in [1.165, 1.54) is 4.88 Å². The molecule has 0 radical (unpaired) electrons. The first kappa shape index (κ1) is 22.9. The molecule has 9 nitrogen and oxygen atoms in total. The number of benzene rings is 1. The summed E-state index contributed by atoms with van der Waals surface area (Å²) in [7, 11) is 1.61. The van der Waals surface area contributed by atoms with Crippen molar-refractivity contribution >= 4 is 34.8 Å². The lowest BCUT2D eigenvalue weighted by Crippen LogP contribution is -2.41. The van der Waals surface area contributed by atoms with Gasteiger partial charge in [-0.05, 0) is 55.9 Å². The number of likely N-dealkylation sites (tertiary alicyclic amines) is 1. The SMILES string of the molecule is COc1ccccc1Nc1nc(N)nc(CN2CCC(C(=O)NCCc3cccs3)CC2)n1. The summed E-state index contributed by atoms with van der Waals surface area (Å²) in [4.78, 5) is 29.1. The summed E-state index contributed by atoms with van der Waals surface area (Å²) in [5.74, 6) is 2.03. The van der Waals surface area contributed by atoms with Crippen LogP contribution in [-0.4, -0.2) is 52.5 Å². The number of carbonyl (C=O) groups is 1. The largest absolute Gasteiger partial charge is 0.495 e. The number of hydrogen-bond acceptors (Lipinski definition) is 9. The summed E-state index contributed by atoms with van der Waals surface area (Å²) in [5.41, 5.74) is 6.68. The van der Waals surface area contributed by atoms with E-state index in [2.05, 4.69) is 41.9 Å². The van der Waals surface area contributed by atoms with Crippen LogP contribution in [0, 0.1) is 5.92 Å². The number of thiophene rings is 1. The number of carbonyl (C=O) groups excluding carboxylic acids is 1. The molecule has 1 aliphatic heterocycles. The maximum atomic E-state index is 12.5. The van der Waals surface area contributed by atoms with Gasteiger partial charge in [0.1, 0.15) is 11.6 Å². The van der Waals surface area contributed by atoms with Gasteiger partial charge in [-0.1, -0.05) is 18.2 Å². The fourth-order valence-corrected chi connectivity index (χ4v) is 4.60. The summed E-state index contributed by atoms with van der Waals surface area (Å²) < 4.78 is 5.37. The minimum atomic E-state index is 0.0517. The molecule has 4 rings (SSSR count). The number of para-hydroxylation sites is 2. The monoisotopic (exact) mass is 467 g/mol. The topological polar surface area (TPSA) is 118 Å². The van der Waals surface area contributed by atoms with E-state index in [0.717, 1.165) is 38.0 Å². The number of hydrogen-bond donors (Lipinski definition) is 3. The van der Waals surface area contributed by atoms with Gasteiger partial charge in [0.25, 0.3) is 0 Å². The first-order chi connectivity index (χ1) is 16.1. The van der Waals surface area contributed by atoms with Gasteiger partial charge in [0.05, 0.1) is 19.3 Å². The number of nitrogens with two attached hydrogens (primary N) is 1. The first-order valence-electron chi connectivity index (χ1n) is 11.0. The molecule has 3 heterocycles. The predicted molar refractivity (Wildman–Crippen MR) is 130 cm³/mol. The Balaban J connectivity index is 1.28. The average Bonchev–Trinajstić information content (AvgIpc) is 3.33. The van der Waals surface area contributed by atoms with Crippen LogP contribution in [-0.2, 0) is 17.8 Å². The molecule has 0 bridgehead atoms. The number of nitrogens with one attached hydrogen (secondary N) is 2. The van der Waals surface area contributed by atoms with Gasteiger partial charge in [-0.2, -0.15) is 15.0 Å². The molecule has 1 amide bonds. The molecule has 0 saturated carbocycles. The van der Waals surface area contributed by atoms with Crippen LogP contribution in [0.2, 0.25) is 0 Å². The Bertz CT molecular complexity index is 1050. The molecule has 10 heteroatoms. The highest BCUT2D eigenvalue weighted by atomic mass is 32.1. The Labute approximate surface area is 197 Å². The van der Waals surface area contributed by atoms with Crippen molar-refractivity contribution in [2.24, 2.45) is 5.92 Å². The summed E-state index contributed by atoms with van der Waals surface area (Å²) in [5, 5.41) is 8.30. The highest BCUT2D eigenvalue weighted by Gasteiger charge is 2.25. The number of ether oxygens (including phenoxy) is 1. The molecule has 2 aromatic heterocycles. The normalized spacial score (nSPS) is 14.7. The highest BCUT2D eigenvalue weighted by Crippen LogP contribution is 2.26. The van der Waals surface area contributed by atoms with Crippen LogP contribution in [0.3, 0.4) is 0 Å². The molecular weight excluding hydrogens is 438 g/mol. The van der Waals surface area contributed by atoms with Crippen molar-refractivity contribution < 1.29 is 9.53 Å². The molecule has 1 fully saturated rings. The highest BCUT2D eigenvalue weighted by molar-refractivity contribution is 7.09. The van der Waals surface area contributed by atoms with Gasteiger partial charge in [0, 0.05) is 17.3 Å². The van der Waals surface area contributed by atoms with E-state index in [9.17, 15) is 4.79 Å². The molecule has 1 aliphatic rings. The van der Waals surface area contributed by atoms with Gasteiger partial charge in [-0.25, -0.2) is 0 Å². The van der Waals surface area contributed by atoms with E-state index in [0.29, 0.717) is 30.6 Å². The van der Waals surface area contributed by atoms with Crippen LogP contribution in [0.5, 0.6) is 5.75 Å². The zero-order chi connectivity index (χ0) is 23.0. The third kappa shape index (κ3) is 6.39. The van der Waals surface area contributed by atoms with E-state index in [1.807, 2.05) is 30.3 Å². The smallest absolute Gasteiger partial charge is 0.232 e. The summed E-state index contributed by atoms with van der Waals surface area (Å²) in [6.45, 7) is 2.86. The molecule has 174 valence electrons. The Morgan fingerprint density at radius 3 is 2.76 bits per heavy atom. The fraction of sp³-hybridized carbons (Fsp3) is 0.391. The molecule has 33 heavy (non-hydrogen) atoms. The second-order valence-corrected chi connectivity index (χ2v) is 8.96. The van der Waals surface area contributed by atoms with E-state index >= 15 is 0 Å². The van der Waals surface area contributed by atoms with Gasteiger partial charge < -0.3 is 21.1 Å². The first-order valence-corrected chi connectivity index (χ1v) is 11.9. The third-order valence-corrected chi connectivity index (χ3v) is 6.56. The molecular formula is C23H29N7O2S. The Morgan fingerprint density at radius 1 is 1.18 bits per heavy atom.